The van der Waals surface area contributed by atoms with E-state index in [1.165, 1.54) is 37.7 Å². The summed E-state index contributed by atoms with van der Waals surface area (Å²) in [5, 5.41) is 0.755. The summed E-state index contributed by atoms with van der Waals surface area (Å²) in [6.45, 7) is 3.94. The molecule has 2 nitrogen and oxygen atoms in total. The van der Waals surface area contributed by atoms with Gasteiger partial charge in [0.15, 0.2) is 0 Å². The van der Waals surface area contributed by atoms with Crippen LogP contribution in [0.1, 0.15) is 50.6 Å². The number of nitrogens with two attached hydrogens (primary N) is 1. The van der Waals surface area contributed by atoms with Gasteiger partial charge in [0, 0.05) is 23.1 Å². The third kappa shape index (κ3) is 3.76. The number of benzene rings is 1. The van der Waals surface area contributed by atoms with E-state index in [0.29, 0.717) is 12.6 Å². The first-order valence-corrected chi connectivity index (χ1v) is 8.75. The normalized spacial score (nSPS) is 18.4. The summed E-state index contributed by atoms with van der Waals surface area (Å²) in [4.78, 5) is 2.58. The highest BCUT2D eigenvalue weighted by molar-refractivity contribution is 9.10. The maximum Gasteiger partial charge on any atom is 0.0548 e. The Kier molecular flexibility index (Phi) is 6.34. The summed E-state index contributed by atoms with van der Waals surface area (Å²) in [5.41, 5.74) is 7.35. The molecule has 1 aromatic carbocycles. The summed E-state index contributed by atoms with van der Waals surface area (Å²) < 4.78 is 0.954. The maximum atomic E-state index is 6.10. The lowest BCUT2D eigenvalue weighted by atomic mass is 9.92. The molecule has 2 rings (SSSR count). The molecule has 0 aliphatic heterocycles. The maximum absolute atomic E-state index is 6.10. The van der Waals surface area contributed by atoms with E-state index in [4.69, 9.17) is 17.3 Å². The Morgan fingerprint density at radius 2 is 2.05 bits per heavy atom. The fraction of sp³-hybridized carbons (Fsp3) is 0.625. The molecule has 0 spiro atoms. The lowest BCUT2D eigenvalue weighted by Gasteiger charge is -2.39. The second kappa shape index (κ2) is 7.79. The first kappa shape index (κ1) is 16.3. The number of nitrogens with zero attached hydrogens (tertiary/aromatic N) is 1. The predicted octanol–water partition coefficient (Wildman–Crippen LogP) is 4.76. The smallest absolute Gasteiger partial charge is 0.0548 e. The van der Waals surface area contributed by atoms with Gasteiger partial charge in [-0.3, -0.25) is 4.90 Å². The molecular weight excluding hydrogens is 336 g/mol. The van der Waals surface area contributed by atoms with Gasteiger partial charge in [0.2, 0.25) is 0 Å². The second-order valence-electron chi connectivity index (χ2n) is 5.55. The first-order chi connectivity index (χ1) is 9.67. The number of rotatable bonds is 5. The van der Waals surface area contributed by atoms with Gasteiger partial charge in [-0.25, -0.2) is 0 Å². The van der Waals surface area contributed by atoms with Crippen LogP contribution in [0.25, 0.3) is 0 Å². The SMILES string of the molecule is CCN(C1CCCCC1)C(CN)c1ccc(Cl)c(Br)c1. The molecule has 0 radical (unpaired) electrons. The molecule has 1 aromatic rings. The van der Waals surface area contributed by atoms with Gasteiger partial charge >= 0.3 is 0 Å². The van der Waals surface area contributed by atoms with Crippen molar-refractivity contribution in [1.82, 2.24) is 4.90 Å². The molecule has 0 amide bonds. The lowest BCUT2D eigenvalue weighted by molar-refractivity contribution is 0.114. The zero-order chi connectivity index (χ0) is 14.5. The van der Waals surface area contributed by atoms with Crippen LogP contribution in [0.3, 0.4) is 0 Å². The van der Waals surface area contributed by atoms with Gasteiger partial charge in [-0.05, 0) is 53.0 Å². The van der Waals surface area contributed by atoms with E-state index >= 15 is 0 Å². The minimum Gasteiger partial charge on any atom is -0.329 e. The molecule has 0 saturated heterocycles. The third-order valence-corrected chi connectivity index (χ3v) is 5.57. The molecule has 1 aliphatic carbocycles. The largest absolute Gasteiger partial charge is 0.329 e. The van der Waals surface area contributed by atoms with E-state index in [1.54, 1.807) is 0 Å². The highest BCUT2D eigenvalue weighted by Gasteiger charge is 2.26. The Bertz CT molecular complexity index is 432. The topological polar surface area (TPSA) is 29.3 Å². The Morgan fingerprint density at radius 3 is 2.60 bits per heavy atom. The summed E-state index contributed by atoms with van der Waals surface area (Å²) in [6, 6.07) is 7.15. The van der Waals surface area contributed by atoms with E-state index in [0.717, 1.165) is 16.0 Å². The van der Waals surface area contributed by atoms with Gasteiger partial charge in [-0.15, -0.1) is 0 Å². The minimum atomic E-state index is 0.289. The molecular formula is C16H24BrClN2. The van der Waals surface area contributed by atoms with Crippen molar-refractivity contribution in [2.75, 3.05) is 13.1 Å². The van der Waals surface area contributed by atoms with Crippen molar-refractivity contribution in [1.29, 1.82) is 0 Å². The molecule has 112 valence electrons. The van der Waals surface area contributed by atoms with Gasteiger partial charge in [-0.1, -0.05) is 43.9 Å². The third-order valence-electron chi connectivity index (χ3n) is 4.36. The number of likely N-dealkylation sites (N-methyl/N-ethyl adjacent to an activating group) is 1. The van der Waals surface area contributed by atoms with E-state index < -0.39 is 0 Å². The average Bonchev–Trinajstić information content (AvgIpc) is 2.48. The van der Waals surface area contributed by atoms with Crippen molar-refractivity contribution < 1.29 is 0 Å². The van der Waals surface area contributed by atoms with Crippen molar-refractivity contribution in [3.8, 4) is 0 Å². The van der Waals surface area contributed by atoms with E-state index in [1.807, 2.05) is 6.07 Å². The van der Waals surface area contributed by atoms with Crippen molar-refractivity contribution in [2.24, 2.45) is 5.73 Å². The standard InChI is InChI=1S/C16H24BrClN2/c1-2-20(13-6-4-3-5-7-13)16(11-19)12-8-9-15(18)14(17)10-12/h8-10,13,16H,2-7,11,19H2,1H3. The molecule has 0 bridgehead atoms. The van der Waals surface area contributed by atoms with Crippen LogP contribution in [0.4, 0.5) is 0 Å². The van der Waals surface area contributed by atoms with Crippen LogP contribution < -0.4 is 5.73 Å². The lowest BCUT2D eigenvalue weighted by Crippen LogP contribution is -2.42. The van der Waals surface area contributed by atoms with Crippen LogP contribution in [0.2, 0.25) is 5.02 Å². The summed E-state index contributed by atoms with van der Waals surface area (Å²) in [7, 11) is 0. The van der Waals surface area contributed by atoms with E-state index in [-0.39, 0.29) is 6.04 Å². The first-order valence-electron chi connectivity index (χ1n) is 7.58. The van der Waals surface area contributed by atoms with Gasteiger partial charge in [-0.2, -0.15) is 0 Å². The Labute approximate surface area is 135 Å². The van der Waals surface area contributed by atoms with Crippen molar-refractivity contribution in [2.45, 2.75) is 51.1 Å². The fourth-order valence-electron chi connectivity index (χ4n) is 3.33. The average molecular weight is 360 g/mol. The van der Waals surface area contributed by atoms with Gasteiger partial charge in [0.1, 0.15) is 0 Å². The Morgan fingerprint density at radius 1 is 1.35 bits per heavy atom. The molecule has 0 aromatic heterocycles. The van der Waals surface area contributed by atoms with E-state index in [9.17, 15) is 0 Å². The zero-order valence-electron chi connectivity index (χ0n) is 12.1. The molecule has 1 unspecified atom stereocenters. The summed E-state index contributed by atoms with van der Waals surface area (Å²) in [6.07, 6.45) is 6.69. The molecule has 0 heterocycles. The Hall–Kier alpha value is -0.0900. The van der Waals surface area contributed by atoms with Crippen LogP contribution in [-0.2, 0) is 0 Å². The monoisotopic (exact) mass is 358 g/mol. The molecule has 1 aliphatic rings. The fourth-order valence-corrected chi connectivity index (χ4v) is 3.84. The summed E-state index contributed by atoms with van der Waals surface area (Å²) >= 11 is 9.62. The number of halogens is 2. The quantitative estimate of drug-likeness (QED) is 0.821. The van der Waals surface area contributed by atoms with Gasteiger partial charge in [0.25, 0.3) is 0 Å². The minimum absolute atomic E-state index is 0.289. The van der Waals surface area contributed by atoms with Gasteiger partial charge in [0.05, 0.1) is 5.02 Å². The highest BCUT2D eigenvalue weighted by atomic mass is 79.9. The molecule has 1 atom stereocenters. The molecule has 1 saturated carbocycles. The second-order valence-corrected chi connectivity index (χ2v) is 6.81. The molecule has 20 heavy (non-hydrogen) atoms. The molecule has 2 N–H and O–H groups in total. The van der Waals surface area contributed by atoms with Crippen LogP contribution in [-0.4, -0.2) is 24.0 Å². The van der Waals surface area contributed by atoms with Crippen molar-refractivity contribution in [3.63, 3.8) is 0 Å². The van der Waals surface area contributed by atoms with Crippen LogP contribution >= 0.6 is 27.5 Å². The van der Waals surface area contributed by atoms with Gasteiger partial charge < -0.3 is 5.73 Å². The molecule has 1 fully saturated rings. The number of hydrogen-bond acceptors (Lipinski definition) is 2. The van der Waals surface area contributed by atoms with Crippen LogP contribution in [0, 0.1) is 0 Å². The Balaban J connectivity index is 2.21. The van der Waals surface area contributed by atoms with Crippen LogP contribution in [0.5, 0.6) is 0 Å². The number of hydrogen-bond donors (Lipinski definition) is 1. The highest BCUT2D eigenvalue weighted by Crippen LogP contribution is 2.32. The molecule has 4 heteroatoms. The predicted molar refractivity (Wildman–Crippen MR) is 90.2 cm³/mol. The summed E-state index contributed by atoms with van der Waals surface area (Å²) in [5.74, 6) is 0. The van der Waals surface area contributed by atoms with Crippen LogP contribution in [0.15, 0.2) is 22.7 Å². The van der Waals surface area contributed by atoms with E-state index in [2.05, 4.69) is 39.9 Å². The zero-order valence-corrected chi connectivity index (χ0v) is 14.5. The van der Waals surface area contributed by atoms with Crippen molar-refractivity contribution >= 4 is 27.5 Å². The van der Waals surface area contributed by atoms with Crippen molar-refractivity contribution in [3.05, 3.63) is 33.3 Å².